The summed E-state index contributed by atoms with van der Waals surface area (Å²) in [6.45, 7) is 1.50. The zero-order valence-corrected chi connectivity index (χ0v) is 13.0. The number of para-hydroxylation sites is 1. The molecule has 3 heterocycles. The molecule has 0 saturated carbocycles. The Morgan fingerprint density at radius 1 is 1.17 bits per heavy atom. The summed E-state index contributed by atoms with van der Waals surface area (Å²) in [6.07, 6.45) is 6.32. The number of aromatic nitrogens is 3. The maximum Gasteiger partial charge on any atom is 0.255 e. The van der Waals surface area contributed by atoms with Crippen molar-refractivity contribution in [3.8, 4) is 0 Å². The van der Waals surface area contributed by atoms with Crippen LogP contribution < -0.4 is 0 Å². The van der Waals surface area contributed by atoms with Crippen LogP contribution >= 0.6 is 0 Å². The van der Waals surface area contributed by atoms with Gasteiger partial charge in [0.1, 0.15) is 6.10 Å². The highest BCUT2D eigenvalue weighted by Gasteiger charge is 2.27. The molecular formula is C18H16N4O2. The highest BCUT2D eigenvalue weighted by atomic mass is 16.5. The van der Waals surface area contributed by atoms with E-state index in [-0.39, 0.29) is 12.0 Å². The summed E-state index contributed by atoms with van der Waals surface area (Å²) in [5.74, 6) is -0.0366. The Bertz CT molecular complexity index is 869. The minimum absolute atomic E-state index is 0.0366. The van der Waals surface area contributed by atoms with Gasteiger partial charge in [0, 0.05) is 30.5 Å². The number of carbonyl (C=O) groups is 1. The standard InChI is InChI=1S/C18H16N4O2/c23-18(14-9-13-3-1-2-4-15(13)21-10-14)22-7-8-24-17(12-22)16-11-19-5-6-20-16/h1-6,9-11,17H,7-8,12H2/t17-/m1/s1. The van der Waals surface area contributed by atoms with Crippen LogP contribution in [0.15, 0.2) is 55.1 Å². The molecule has 1 saturated heterocycles. The van der Waals surface area contributed by atoms with Crippen molar-refractivity contribution in [1.29, 1.82) is 0 Å². The van der Waals surface area contributed by atoms with Gasteiger partial charge in [-0.3, -0.25) is 19.7 Å². The van der Waals surface area contributed by atoms with Crippen molar-refractivity contribution in [2.24, 2.45) is 0 Å². The predicted octanol–water partition coefficient (Wildman–Crippen LogP) is 2.24. The van der Waals surface area contributed by atoms with Gasteiger partial charge in [-0.2, -0.15) is 0 Å². The van der Waals surface area contributed by atoms with Gasteiger partial charge in [-0.05, 0) is 12.1 Å². The zero-order chi connectivity index (χ0) is 16.4. The lowest BCUT2D eigenvalue weighted by Crippen LogP contribution is -2.42. The van der Waals surface area contributed by atoms with E-state index in [1.165, 1.54) is 0 Å². The van der Waals surface area contributed by atoms with Crippen LogP contribution in [-0.4, -0.2) is 45.5 Å². The monoisotopic (exact) mass is 320 g/mol. The summed E-state index contributed by atoms with van der Waals surface area (Å²) in [4.78, 5) is 27.3. The molecule has 1 atom stereocenters. The van der Waals surface area contributed by atoms with E-state index in [9.17, 15) is 4.79 Å². The second-order valence-corrected chi connectivity index (χ2v) is 5.66. The summed E-state index contributed by atoms with van der Waals surface area (Å²) in [5, 5.41) is 0.960. The number of fused-ring (bicyclic) bond motifs is 1. The minimum Gasteiger partial charge on any atom is -0.368 e. The Morgan fingerprint density at radius 3 is 2.96 bits per heavy atom. The molecule has 0 bridgehead atoms. The number of ether oxygens (including phenoxy) is 1. The van der Waals surface area contributed by atoms with Gasteiger partial charge in [-0.15, -0.1) is 0 Å². The summed E-state index contributed by atoms with van der Waals surface area (Å²) < 4.78 is 5.74. The molecule has 1 aliphatic heterocycles. The summed E-state index contributed by atoms with van der Waals surface area (Å²) in [7, 11) is 0. The Kier molecular flexibility index (Phi) is 3.88. The van der Waals surface area contributed by atoms with Gasteiger partial charge in [0.25, 0.3) is 5.91 Å². The normalized spacial score (nSPS) is 17.8. The average molecular weight is 320 g/mol. The van der Waals surface area contributed by atoms with Gasteiger partial charge >= 0.3 is 0 Å². The molecule has 0 N–H and O–H groups in total. The molecule has 1 amide bonds. The van der Waals surface area contributed by atoms with Crippen LogP contribution in [0.5, 0.6) is 0 Å². The minimum atomic E-state index is -0.246. The first-order valence-electron chi connectivity index (χ1n) is 7.83. The number of benzene rings is 1. The van der Waals surface area contributed by atoms with Crippen LogP contribution in [0.4, 0.5) is 0 Å². The molecule has 0 unspecified atom stereocenters. The number of rotatable bonds is 2. The van der Waals surface area contributed by atoms with Crippen LogP contribution in [-0.2, 0) is 4.74 Å². The van der Waals surface area contributed by atoms with Crippen LogP contribution in [0.2, 0.25) is 0 Å². The average Bonchev–Trinajstić information content (AvgIpc) is 2.68. The van der Waals surface area contributed by atoms with Crippen molar-refractivity contribution in [3.63, 3.8) is 0 Å². The fraction of sp³-hybridized carbons (Fsp3) is 0.222. The Balaban J connectivity index is 1.56. The molecule has 1 aromatic carbocycles. The van der Waals surface area contributed by atoms with E-state index in [0.29, 0.717) is 25.3 Å². The molecule has 0 aliphatic carbocycles. The number of hydrogen-bond acceptors (Lipinski definition) is 5. The first-order chi connectivity index (χ1) is 11.8. The van der Waals surface area contributed by atoms with Crippen LogP contribution in [0.25, 0.3) is 10.9 Å². The number of hydrogen-bond donors (Lipinski definition) is 0. The smallest absolute Gasteiger partial charge is 0.255 e. The molecule has 6 heteroatoms. The summed E-state index contributed by atoms with van der Waals surface area (Å²) >= 11 is 0. The fourth-order valence-electron chi connectivity index (χ4n) is 2.86. The van der Waals surface area contributed by atoms with Crippen molar-refractivity contribution in [3.05, 3.63) is 66.4 Å². The summed E-state index contributed by atoms with van der Waals surface area (Å²) in [5.41, 5.74) is 2.22. The van der Waals surface area contributed by atoms with E-state index >= 15 is 0 Å². The van der Waals surface area contributed by atoms with Crippen molar-refractivity contribution >= 4 is 16.8 Å². The topological polar surface area (TPSA) is 68.2 Å². The number of carbonyl (C=O) groups excluding carboxylic acids is 1. The lowest BCUT2D eigenvalue weighted by molar-refractivity contribution is -0.0249. The fourth-order valence-corrected chi connectivity index (χ4v) is 2.86. The van der Waals surface area contributed by atoms with Crippen LogP contribution in [0, 0.1) is 0 Å². The highest BCUT2D eigenvalue weighted by molar-refractivity contribution is 5.97. The largest absolute Gasteiger partial charge is 0.368 e. The third-order valence-corrected chi connectivity index (χ3v) is 4.10. The van der Waals surface area contributed by atoms with E-state index in [0.717, 1.165) is 16.6 Å². The lowest BCUT2D eigenvalue weighted by atomic mass is 10.1. The van der Waals surface area contributed by atoms with Gasteiger partial charge in [-0.25, -0.2) is 0 Å². The second-order valence-electron chi connectivity index (χ2n) is 5.66. The molecule has 24 heavy (non-hydrogen) atoms. The molecule has 0 spiro atoms. The molecule has 2 aromatic heterocycles. The Labute approximate surface area is 139 Å². The Morgan fingerprint density at radius 2 is 2.08 bits per heavy atom. The van der Waals surface area contributed by atoms with E-state index in [1.807, 2.05) is 30.3 Å². The van der Waals surface area contributed by atoms with Gasteiger partial charge < -0.3 is 9.64 Å². The van der Waals surface area contributed by atoms with Crippen molar-refractivity contribution < 1.29 is 9.53 Å². The number of nitrogens with zero attached hydrogens (tertiary/aromatic N) is 4. The van der Waals surface area contributed by atoms with Crippen LogP contribution in [0.1, 0.15) is 22.2 Å². The predicted molar refractivity (Wildman–Crippen MR) is 88.4 cm³/mol. The SMILES string of the molecule is O=C(c1cnc2ccccc2c1)N1CCO[C@@H](c2cnccn2)C1. The van der Waals surface area contributed by atoms with Crippen molar-refractivity contribution in [2.45, 2.75) is 6.10 Å². The van der Waals surface area contributed by atoms with E-state index < -0.39 is 0 Å². The Hall–Kier alpha value is -2.86. The number of pyridine rings is 1. The highest BCUT2D eigenvalue weighted by Crippen LogP contribution is 2.22. The molecule has 1 fully saturated rings. The van der Waals surface area contributed by atoms with Crippen molar-refractivity contribution in [2.75, 3.05) is 19.7 Å². The van der Waals surface area contributed by atoms with Crippen LogP contribution in [0.3, 0.4) is 0 Å². The molecule has 6 nitrogen and oxygen atoms in total. The molecule has 3 aromatic rings. The van der Waals surface area contributed by atoms with Gasteiger partial charge in [0.05, 0.1) is 36.1 Å². The van der Waals surface area contributed by atoms with Gasteiger partial charge in [0.15, 0.2) is 0 Å². The quantitative estimate of drug-likeness (QED) is 0.724. The third-order valence-electron chi connectivity index (χ3n) is 4.10. The molecule has 1 aliphatic rings. The van der Waals surface area contributed by atoms with Crippen molar-refractivity contribution in [1.82, 2.24) is 19.9 Å². The zero-order valence-electron chi connectivity index (χ0n) is 13.0. The maximum absolute atomic E-state index is 12.8. The molecule has 0 radical (unpaired) electrons. The maximum atomic E-state index is 12.8. The molecule has 4 rings (SSSR count). The lowest BCUT2D eigenvalue weighted by Gasteiger charge is -2.32. The number of amides is 1. The third kappa shape index (κ3) is 2.83. The van der Waals surface area contributed by atoms with E-state index in [1.54, 1.807) is 29.7 Å². The molecular weight excluding hydrogens is 304 g/mol. The number of morpholine rings is 1. The second kappa shape index (κ2) is 6.33. The first kappa shape index (κ1) is 14.7. The molecule has 120 valence electrons. The van der Waals surface area contributed by atoms with Gasteiger partial charge in [-0.1, -0.05) is 18.2 Å². The summed E-state index contributed by atoms with van der Waals surface area (Å²) in [6, 6.07) is 9.65. The van der Waals surface area contributed by atoms with E-state index in [4.69, 9.17) is 4.74 Å². The van der Waals surface area contributed by atoms with Gasteiger partial charge in [0.2, 0.25) is 0 Å². The first-order valence-corrected chi connectivity index (χ1v) is 7.83. The van der Waals surface area contributed by atoms with E-state index in [2.05, 4.69) is 15.0 Å².